The second-order valence-corrected chi connectivity index (χ2v) is 3.72. The van der Waals surface area contributed by atoms with Crippen LogP contribution in [0.15, 0.2) is 0 Å². The predicted octanol–water partition coefficient (Wildman–Crippen LogP) is 0.626. The van der Waals surface area contributed by atoms with Gasteiger partial charge in [-0.1, -0.05) is 13.8 Å². The van der Waals surface area contributed by atoms with Crippen molar-refractivity contribution in [1.82, 2.24) is 4.90 Å². The van der Waals surface area contributed by atoms with E-state index in [0.717, 1.165) is 25.9 Å². The van der Waals surface area contributed by atoms with Crippen molar-refractivity contribution in [3.8, 4) is 0 Å². The Bertz CT molecular complexity index is 158. The minimum Gasteiger partial charge on any atom is -0.383 e. The quantitative estimate of drug-likeness (QED) is 0.662. The van der Waals surface area contributed by atoms with Gasteiger partial charge in [0.15, 0.2) is 0 Å². The van der Waals surface area contributed by atoms with Gasteiger partial charge < -0.3 is 10.0 Å². The van der Waals surface area contributed by atoms with Gasteiger partial charge in [0.25, 0.3) is 5.91 Å². The lowest BCUT2D eigenvalue weighted by Crippen LogP contribution is -2.39. The average Bonchev–Trinajstić information content (AvgIpc) is 2.53. The van der Waals surface area contributed by atoms with Gasteiger partial charge in [0, 0.05) is 13.1 Å². The van der Waals surface area contributed by atoms with Gasteiger partial charge in [0.2, 0.25) is 0 Å². The lowest BCUT2D eigenvalue weighted by Gasteiger charge is -2.21. The molecule has 1 fully saturated rings. The van der Waals surface area contributed by atoms with Crippen molar-refractivity contribution in [2.75, 3.05) is 13.1 Å². The second-order valence-electron chi connectivity index (χ2n) is 3.72. The molecule has 1 aliphatic rings. The fourth-order valence-electron chi connectivity index (χ4n) is 1.41. The van der Waals surface area contributed by atoms with Gasteiger partial charge in [0.05, 0.1) is 0 Å². The summed E-state index contributed by atoms with van der Waals surface area (Å²) in [4.78, 5) is 13.2. The van der Waals surface area contributed by atoms with Crippen molar-refractivity contribution >= 4 is 5.91 Å². The largest absolute Gasteiger partial charge is 0.383 e. The molecule has 1 N–H and O–H groups in total. The Morgan fingerprint density at radius 3 is 2.25 bits per heavy atom. The zero-order chi connectivity index (χ0) is 9.14. The first-order valence-electron chi connectivity index (χ1n) is 4.60. The molecule has 3 heteroatoms. The molecule has 1 atom stereocenters. The highest BCUT2D eigenvalue weighted by Gasteiger charge is 2.26. The predicted molar refractivity (Wildman–Crippen MR) is 46.7 cm³/mol. The zero-order valence-corrected chi connectivity index (χ0v) is 7.79. The van der Waals surface area contributed by atoms with Crippen LogP contribution in [0.4, 0.5) is 0 Å². The van der Waals surface area contributed by atoms with Crippen molar-refractivity contribution in [1.29, 1.82) is 0 Å². The third-order valence-corrected chi connectivity index (χ3v) is 2.30. The molecule has 0 spiro atoms. The maximum Gasteiger partial charge on any atom is 0.251 e. The van der Waals surface area contributed by atoms with Gasteiger partial charge in [-0.2, -0.15) is 0 Å². The van der Waals surface area contributed by atoms with Gasteiger partial charge in [-0.25, -0.2) is 0 Å². The number of carbonyl (C=O) groups is 1. The van der Waals surface area contributed by atoms with E-state index in [-0.39, 0.29) is 11.8 Å². The Hall–Kier alpha value is -0.570. The van der Waals surface area contributed by atoms with Gasteiger partial charge in [-0.15, -0.1) is 0 Å². The lowest BCUT2D eigenvalue weighted by molar-refractivity contribution is -0.141. The Morgan fingerprint density at radius 1 is 1.33 bits per heavy atom. The van der Waals surface area contributed by atoms with Crippen LogP contribution in [0.1, 0.15) is 26.7 Å². The van der Waals surface area contributed by atoms with E-state index in [1.807, 2.05) is 13.8 Å². The summed E-state index contributed by atoms with van der Waals surface area (Å²) in [5, 5.41) is 9.46. The van der Waals surface area contributed by atoms with Gasteiger partial charge in [-0.3, -0.25) is 4.79 Å². The molecular formula is C9H17NO2. The van der Waals surface area contributed by atoms with E-state index >= 15 is 0 Å². The molecule has 0 aromatic heterocycles. The van der Waals surface area contributed by atoms with Crippen molar-refractivity contribution in [2.24, 2.45) is 5.92 Å². The summed E-state index contributed by atoms with van der Waals surface area (Å²) >= 11 is 0. The number of hydrogen-bond donors (Lipinski definition) is 1. The third kappa shape index (κ3) is 1.97. The molecule has 3 nitrogen and oxygen atoms in total. The Balaban J connectivity index is 2.45. The van der Waals surface area contributed by atoms with Crippen LogP contribution in [-0.2, 0) is 4.79 Å². The average molecular weight is 171 g/mol. The molecular weight excluding hydrogens is 154 g/mol. The van der Waals surface area contributed by atoms with Crippen LogP contribution < -0.4 is 0 Å². The van der Waals surface area contributed by atoms with E-state index in [1.165, 1.54) is 0 Å². The highest BCUT2D eigenvalue weighted by Crippen LogP contribution is 2.12. The molecule has 12 heavy (non-hydrogen) atoms. The number of likely N-dealkylation sites (tertiary alicyclic amines) is 1. The van der Waals surface area contributed by atoms with E-state index < -0.39 is 6.10 Å². The number of aliphatic hydroxyl groups excluding tert-OH is 1. The topological polar surface area (TPSA) is 40.5 Å². The summed E-state index contributed by atoms with van der Waals surface area (Å²) in [7, 11) is 0. The first-order valence-corrected chi connectivity index (χ1v) is 4.60. The molecule has 0 aromatic carbocycles. The SMILES string of the molecule is CC(C)[C@H](O)C(=O)N1CCCC1. The highest BCUT2D eigenvalue weighted by atomic mass is 16.3. The molecule has 0 unspecified atom stereocenters. The molecule has 0 bridgehead atoms. The lowest BCUT2D eigenvalue weighted by atomic mass is 10.1. The highest BCUT2D eigenvalue weighted by molar-refractivity contribution is 5.81. The molecule has 1 heterocycles. The van der Waals surface area contributed by atoms with Crippen molar-refractivity contribution in [3.05, 3.63) is 0 Å². The van der Waals surface area contributed by atoms with E-state index in [2.05, 4.69) is 0 Å². The van der Waals surface area contributed by atoms with Crippen molar-refractivity contribution in [3.63, 3.8) is 0 Å². The number of rotatable bonds is 2. The van der Waals surface area contributed by atoms with Crippen LogP contribution in [0.5, 0.6) is 0 Å². The molecule has 0 saturated carbocycles. The Labute approximate surface area is 73.4 Å². The summed E-state index contributed by atoms with van der Waals surface area (Å²) in [6.07, 6.45) is 1.36. The summed E-state index contributed by atoms with van der Waals surface area (Å²) < 4.78 is 0. The molecule has 0 radical (unpaired) electrons. The maximum atomic E-state index is 11.5. The van der Waals surface area contributed by atoms with Crippen LogP contribution in [0.2, 0.25) is 0 Å². The van der Waals surface area contributed by atoms with Gasteiger partial charge in [0.1, 0.15) is 6.10 Å². The van der Waals surface area contributed by atoms with Crippen LogP contribution >= 0.6 is 0 Å². The number of nitrogens with zero attached hydrogens (tertiary/aromatic N) is 1. The number of carbonyl (C=O) groups excluding carboxylic acids is 1. The second kappa shape index (κ2) is 3.90. The van der Waals surface area contributed by atoms with Crippen LogP contribution in [-0.4, -0.2) is 35.1 Å². The molecule has 0 aliphatic carbocycles. The monoisotopic (exact) mass is 171 g/mol. The smallest absolute Gasteiger partial charge is 0.251 e. The fraction of sp³-hybridized carbons (Fsp3) is 0.889. The molecule has 1 saturated heterocycles. The van der Waals surface area contributed by atoms with Gasteiger partial charge >= 0.3 is 0 Å². The Kier molecular flexibility index (Phi) is 3.09. The van der Waals surface area contributed by atoms with Crippen molar-refractivity contribution < 1.29 is 9.90 Å². The fourth-order valence-corrected chi connectivity index (χ4v) is 1.41. The summed E-state index contributed by atoms with van der Waals surface area (Å²) in [5.74, 6) is -0.0689. The number of amides is 1. The maximum absolute atomic E-state index is 11.5. The van der Waals surface area contributed by atoms with Crippen molar-refractivity contribution in [2.45, 2.75) is 32.8 Å². The summed E-state index contributed by atoms with van der Waals surface area (Å²) in [6, 6.07) is 0. The number of hydrogen-bond acceptors (Lipinski definition) is 2. The van der Waals surface area contributed by atoms with Crippen LogP contribution in [0, 0.1) is 5.92 Å². The number of aliphatic hydroxyl groups is 1. The van der Waals surface area contributed by atoms with E-state index in [4.69, 9.17) is 0 Å². The van der Waals surface area contributed by atoms with Crippen LogP contribution in [0.3, 0.4) is 0 Å². The zero-order valence-electron chi connectivity index (χ0n) is 7.79. The minimum absolute atomic E-state index is 0.0260. The van der Waals surface area contributed by atoms with E-state index in [9.17, 15) is 9.90 Å². The third-order valence-electron chi connectivity index (χ3n) is 2.30. The molecule has 0 aromatic rings. The normalized spacial score (nSPS) is 20.2. The first-order chi connectivity index (χ1) is 5.63. The standard InChI is InChI=1S/C9H17NO2/c1-7(2)8(11)9(12)10-5-3-4-6-10/h7-8,11H,3-6H2,1-2H3/t8-/m0/s1. The molecule has 1 rings (SSSR count). The van der Waals surface area contributed by atoms with Gasteiger partial charge in [-0.05, 0) is 18.8 Å². The first kappa shape index (κ1) is 9.52. The minimum atomic E-state index is -0.803. The van der Waals surface area contributed by atoms with E-state index in [0.29, 0.717) is 0 Å². The Morgan fingerprint density at radius 2 is 1.83 bits per heavy atom. The molecule has 70 valence electrons. The summed E-state index contributed by atoms with van der Waals surface area (Å²) in [5.41, 5.74) is 0. The molecule has 1 amide bonds. The summed E-state index contributed by atoms with van der Waals surface area (Å²) in [6.45, 7) is 5.36. The van der Waals surface area contributed by atoms with E-state index in [1.54, 1.807) is 4.90 Å². The van der Waals surface area contributed by atoms with Crippen LogP contribution in [0.25, 0.3) is 0 Å². The molecule has 1 aliphatic heterocycles.